The van der Waals surface area contributed by atoms with Crippen molar-refractivity contribution in [2.75, 3.05) is 0 Å². The predicted molar refractivity (Wildman–Crippen MR) is 70.4 cm³/mol. The minimum atomic E-state index is -0.138. The monoisotopic (exact) mass is 290 g/mol. The third-order valence-corrected chi connectivity index (χ3v) is 3.56. The molecule has 90 valence electrons. The normalized spacial score (nSPS) is 10.8. The lowest BCUT2D eigenvalue weighted by Gasteiger charge is -2.03. The molecule has 0 spiro atoms. The van der Waals surface area contributed by atoms with Crippen molar-refractivity contribution in [3.05, 3.63) is 54.9 Å². The first-order valence-corrected chi connectivity index (χ1v) is 6.01. The molecular formula is C11H9Cl3N2O. The Kier molecular flexibility index (Phi) is 3.52. The first kappa shape index (κ1) is 12.6. The standard InChI is InChI=1S/C11H9Cl3N2O/c1-6-10(14)15-16(11(6)17)5-7-2-3-8(12)9(13)4-7/h2-4,15H,5H2,1H3. The van der Waals surface area contributed by atoms with E-state index in [1.54, 1.807) is 19.1 Å². The second-order valence-corrected chi connectivity index (χ2v) is 4.88. The molecule has 2 rings (SSSR count). The highest BCUT2D eigenvalue weighted by Gasteiger charge is 2.08. The predicted octanol–water partition coefficient (Wildman–Crippen LogP) is 3.49. The van der Waals surface area contributed by atoms with Gasteiger partial charge in [-0.15, -0.1) is 0 Å². The van der Waals surface area contributed by atoms with Crippen LogP contribution in [0.1, 0.15) is 11.1 Å². The van der Waals surface area contributed by atoms with Gasteiger partial charge in [0.25, 0.3) is 5.56 Å². The molecule has 6 heteroatoms. The molecule has 0 radical (unpaired) electrons. The maximum atomic E-state index is 11.7. The lowest BCUT2D eigenvalue weighted by Crippen LogP contribution is -2.18. The largest absolute Gasteiger partial charge is 0.284 e. The van der Waals surface area contributed by atoms with Gasteiger partial charge in [0, 0.05) is 0 Å². The topological polar surface area (TPSA) is 37.8 Å². The number of aromatic nitrogens is 2. The molecule has 0 aliphatic rings. The van der Waals surface area contributed by atoms with E-state index in [9.17, 15) is 4.79 Å². The van der Waals surface area contributed by atoms with Gasteiger partial charge in [0.1, 0.15) is 5.15 Å². The van der Waals surface area contributed by atoms with E-state index in [2.05, 4.69) is 5.10 Å². The van der Waals surface area contributed by atoms with Crippen molar-refractivity contribution < 1.29 is 0 Å². The molecule has 0 aliphatic heterocycles. The SMILES string of the molecule is Cc1c(Cl)[nH]n(Cc2ccc(Cl)c(Cl)c2)c1=O. The summed E-state index contributed by atoms with van der Waals surface area (Å²) in [7, 11) is 0. The van der Waals surface area contributed by atoms with E-state index in [0.29, 0.717) is 27.3 Å². The number of aromatic amines is 1. The zero-order valence-electron chi connectivity index (χ0n) is 8.93. The Balaban J connectivity index is 2.35. The quantitative estimate of drug-likeness (QED) is 0.903. The van der Waals surface area contributed by atoms with Gasteiger partial charge in [-0.25, -0.2) is 4.68 Å². The van der Waals surface area contributed by atoms with Crippen LogP contribution in [0, 0.1) is 6.92 Å². The van der Waals surface area contributed by atoms with Crippen LogP contribution in [0.4, 0.5) is 0 Å². The average molecular weight is 292 g/mol. The van der Waals surface area contributed by atoms with Gasteiger partial charge in [-0.2, -0.15) is 0 Å². The maximum Gasteiger partial charge on any atom is 0.271 e. The number of nitrogens with zero attached hydrogens (tertiary/aromatic N) is 1. The van der Waals surface area contributed by atoms with E-state index >= 15 is 0 Å². The Hall–Kier alpha value is -0.900. The van der Waals surface area contributed by atoms with Gasteiger partial charge in [-0.05, 0) is 24.6 Å². The molecule has 0 aliphatic carbocycles. The van der Waals surface area contributed by atoms with Crippen LogP contribution in [0.2, 0.25) is 15.2 Å². The van der Waals surface area contributed by atoms with E-state index in [4.69, 9.17) is 34.8 Å². The van der Waals surface area contributed by atoms with Gasteiger partial charge < -0.3 is 0 Å². The van der Waals surface area contributed by atoms with Gasteiger partial charge in [-0.3, -0.25) is 9.89 Å². The molecule has 0 saturated carbocycles. The minimum absolute atomic E-state index is 0.138. The van der Waals surface area contributed by atoms with Crippen LogP contribution in [0.25, 0.3) is 0 Å². The summed E-state index contributed by atoms with van der Waals surface area (Å²) >= 11 is 17.5. The van der Waals surface area contributed by atoms with Crippen molar-refractivity contribution in [3.8, 4) is 0 Å². The Morgan fingerprint density at radius 3 is 2.47 bits per heavy atom. The Morgan fingerprint density at radius 2 is 1.94 bits per heavy atom. The molecule has 0 amide bonds. The van der Waals surface area contributed by atoms with E-state index in [-0.39, 0.29) is 5.56 Å². The second kappa shape index (κ2) is 4.77. The first-order valence-electron chi connectivity index (χ1n) is 4.88. The maximum absolute atomic E-state index is 11.7. The van der Waals surface area contributed by atoms with Gasteiger partial charge in [-0.1, -0.05) is 40.9 Å². The third-order valence-electron chi connectivity index (χ3n) is 2.45. The van der Waals surface area contributed by atoms with E-state index in [1.807, 2.05) is 6.07 Å². The smallest absolute Gasteiger partial charge is 0.271 e. The van der Waals surface area contributed by atoms with Crippen molar-refractivity contribution in [2.45, 2.75) is 13.5 Å². The molecule has 17 heavy (non-hydrogen) atoms. The fourth-order valence-electron chi connectivity index (χ4n) is 1.48. The zero-order valence-corrected chi connectivity index (χ0v) is 11.2. The highest BCUT2D eigenvalue weighted by atomic mass is 35.5. The number of rotatable bonds is 2. The number of hydrogen-bond acceptors (Lipinski definition) is 1. The number of nitrogens with one attached hydrogen (secondary N) is 1. The molecule has 0 saturated heterocycles. The van der Waals surface area contributed by atoms with Crippen molar-refractivity contribution >= 4 is 34.8 Å². The summed E-state index contributed by atoms with van der Waals surface area (Å²) in [5.74, 6) is 0. The molecule has 2 aromatic rings. The summed E-state index contributed by atoms with van der Waals surface area (Å²) in [5.41, 5.74) is 1.24. The second-order valence-electron chi connectivity index (χ2n) is 3.69. The summed E-state index contributed by atoms with van der Waals surface area (Å²) in [5, 5.41) is 4.10. The number of H-pyrrole nitrogens is 1. The van der Waals surface area contributed by atoms with Crippen LogP contribution in [0.15, 0.2) is 23.0 Å². The average Bonchev–Trinajstić information content (AvgIpc) is 2.52. The molecule has 0 fully saturated rings. The fourth-order valence-corrected chi connectivity index (χ4v) is 1.98. The van der Waals surface area contributed by atoms with Gasteiger partial charge >= 0.3 is 0 Å². The van der Waals surface area contributed by atoms with Crippen LogP contribution in [0.5, 0.6) is 0 Å². The van der Waals surface area contributed by atoms with Crippen molar-refractivity contribution in [3.63, 3.8) is 0 Å². The molecule has 1 aromatic carbocycles. The molecule has 1 N–H and O–H groups in total. The molecule has 1 heterocycles. The van der Waals surface area contributed by atoms with Gasteiger partial charge in [0.15, 0.2) is 0 Å². The molecule has 0 unspecified atom stereocenters. The lowest BCUT2D eigenvalue weighted by molar-refractivity contribution is 0.663. The fraction of sp³-hybridized carbons (Fsp3) is 0.182. The summed E-state index contributed by atoms with van der Waals surface area (Å²) < 4.78 is 1.43. The summed E-state index contributed by atoms with van der Waals surface area (Å²) in [6.45, 7) is 2.05. The summed E-state index contributed by atoms with van der Waals surface area (Å²) in [6.07, 6.45) is 0. The van der Waals surface area contributed by atoms with Crippen molar-refractivity contribution in [1.29, 1.82) is 0 Å². The molecule has 1 aromatic heterocycles. The lowest BCUT2D eigenvalue weighted by atomic mass is 10.2. The molecular weight excluding hydrogens is 282 g/mol. The summed E-state index contributed by atoms with van der Waals surface area (Å²) in [6, 6.07) is 5.23. The third kappa shape index (κ3) is 2.51. The van der Waals surface area contributed by atoms with Crippen LogP contribution >= 0.6 is 34.8 Å². The van der Waals surface area contributed by atoms with E-state index in [1.165, 1.54) is 4.68 Å². The molecule has 3 nitrogen and oxygen atoms in total. The van der Waals surface area contributed by atoms with Crippen LogP contribution < -0.4 is 5.56 Å². The minimum Gasteiger partial charge on any atom is -0.284 e. The highest BCUT2D eigenvalue weighted by Crippen LogP contribution is 2.22. The van der Waals surface area contributed by atoms with Crippen LogP contribution in [-0.4, -0.2) is 9.78 Å². The van der Waals surface area contributed by atoms with E-state index < -0.39 is 0 Å². The number of halogens is 3. The zero-order chi connectivity index (χ0) is 12.6. The van der Waals surface area contributed by atoms with Gasteiger partial charge in [0.05, 0.1) is 22.2 Å². The molecule has 0 atom stereocenters. The van der Waals surface area contributed by atoms with Crippen molar-refractivity contribution in [1.82, 2.24) is 9.78 Å². The Labute approximate surface area is 113 Å². The van der Waals surface area contributed by atoms with Crippen molar-refractivity contribution in [2.24, 2.45) is 0 Å². The number of benzene rings is 1. The van der Waals surface area contributed by atoms with Gasteiger partial charge in [0.2, 0.25) is 0 Å². The van der Waals surface area contributed by atoms with Crippen LogP contribution in [0.3, 0.4) is 0 Å². The first-order chi connectivity index (χ1) is 7.99. The number of hydrogen-bond donors (Lipinski definition) is 1. The summed E-state index contributed by atoms with van der Waals surface area (Å²) in [4.78, 5) is 11.7. The van der Waals surface area contributed by atoms with E-state index in [0.717, 1.165) is 5.56 Å². The Bertz CT molecular complexity index is 616. The molecule has 0 bridgehead atoms. The Morgan fingerprint density at radius 1 is 1.24 bits per heavy atom. The highest BCUT2D eigenvalue weighted by molar-refractivity contribution is 6.42. The van der Waals surface area contributed by atoms with Crippen LogP contribution in [-0.2, 0) is 6.54 Å².